The second-order valence-electron chi connectivity index (χ2n) is 8.90. The Morgan fingerprint density at radius 2 is 1.82 bits per heavy atom. The molecule has 1 aliphatic rings. The second-order valence-corrected chi connectivity index (χ2v) is 8.90. The number of benzene rings is 2. The molecule has 1 saturated heterocycles. The van der Waals surface area contributed by atoms with E-state index < -0.39 is 0 Å². The Kier molecular flexibility index (Phi) is 7.52. The fourth-order valence-corrected chi connectivity index (χ4v) is 4.14. The summed E-state index contributed by atoms with van der Waals surface area (Å²) in [5.74, 6) is 0.225. The van der Waals surface area contributed by atoms with Gasteiger partial charge in [0.15, 0.2) is 0 Å². The number of hydrogen-bond acceptors (Lipinski definition) is 5. The molecule has 0 spiro atoms. The summed E-state index contributed by atoms with van der Waals surface area (Å²) in [4.78, 5) is 32.8. The van der Waals surface area contributed by atoms with Gasteiger partial charge in [0.2, 0.25) is 0 Å². The lowest BCUT2D eigenvalue weighted by Crippen LogP contribution is -2.38. The Bertz CT molecular complexity index is 1150. The second kappa shape index (κ2) is 10.7. The van der Waals surface area contributed by atoms with E-state index in [1.807, 2.05) is 24.3 Å². The number of carbonyl (C=O) groups excluding carboxylic acids is 1. The molecule has 33 heavy (non-hydrogen) atoms. The number of hydrogen-bond donors (Lipinski definition) is 1. The minimum Gasteiger partial charge on any atom is -0.379 e. The number of carbonyl (C=O) groups is 1. The van der Waals surface area contributed by atoms with Crippen molar-refractivity contribution in [3.8, 4) is 11.3 Å². The largest absolute Gasteiger partial charge is 0.379 e. The van der Waals surface area contributed by atoms with Crippen LogP contribution in [0.15, 0.2) is 53.3 Å². The minimum absolute atomic E-state index is 0.104. The molecule has 174 valence electrons. The molecule has 0 radical (unpaired) electrons. The van der Waals surface area contributed by atoms with Crippen molar-refractivity contribution < 1.29 is 9.53 Å². The topological polar surface area (TPSA) is 76.5 Å². The van der Waals surface area contributed by atoms with E-state index in [4.69, 9.17) is 4.74 Å². The average molecular weight is 449 g/mol. The number of nitrogens with one attached hydrogen (secondary N) is 1. The van der Waals surface area contributed by atoms with Crippen molar-refractivity contribution in [2.75, 3.05) is 39.4 Å². The molecule has 1 aliphatic heterocycles. The summed E-state index contributed by atoms with van der Waals surface area (Å²) >= 11 is 0. The maximum absolute atomic E-state index is 13.3. The van der Waals surface area contributed by atoms with Crippen LogP contribution in [0.2, 0.25) is 0 Å². The van der Waals surface area contributed by atoms with Crippen LogP contribution in [0.1, 0.15) is 30.6 Å². The zero-order valence-corrected chi connectivity index (χ0v) is 19.4. The van der Waals surface area contributed by atoms with Gasteiger partial charge in [-0.05, 0) is 43.1 Å². The third-order valence-corrected chi connectivity index (χ3v) is 5.86. The predicted molar refractivity (Wildman–Crippen MR) is 130 cm³/mol. The van der Waals surface area contributed by atoms with Crippen molar-refractivity contribution >= 4 is 16.9 Å². The highest BCUT2D eigenvalue weighted by molar-refractivity contribution is 5.94. The van der Waals surface area contributed by atoms with Gasteiger partial charge in [-0.25, -0.2) is 4.98 Å². The molecule has 2 heterocycles. The van der Waals surface area contributed by atoms with Gasteiger partial charge in [0, 0.05) is 37.3 Å². The summed E-state index contributed by atoms with van der Waals surface area (Å²) < 4.78 is 7.16. The molecule has 4 rings (SSSR count). The van der Waals surface area contributed by atoms with Crippen LogP contribution in [0, 0.1) is 5.92 Å². The van der Waals surface area contributed by atoms with E-state index in [-0.39, 0.29) is 11.5 Å². The molecule has 0 saturated carbocycles. The summed E-state index contributed by atoms with van der Waals surface area (Å²) in [5.41, 5.74) is 3.22. The molecule has 0 bridgehead atoms. The van der Waals surface area contributed by atoms with E-state index in [0.29, 0.717) is 35.8 Å². The van der Waals surface area contributed by atoms with Gasteiger partial charge < -0.3 is 14.6 Å². The Balaban J connectivity index is 1.46. The number of rotatable bonds is 8. The molecule has 0 unspecified atom stereocenters. The first-order valence-electron chi connectivity index (χ1n) is 11.7. The quantitative estimate of drug-likeness (QED) is 0.536. The van der Waals surface area contributed by atoms with Crippen LogP contribution in [-0.4, -0.2) is 59.8 Å². The smallest absolute Gasteiger partial charge is 0.277 e. The normalized spacial score (nSPS) is 14.6. The third kappa shape index (κ3) is 5.67. The molecule has 3 aromatic rings. The number of ether oxygens (including phenoxy) is 1. The van der Waals surface area contributed by atoms with E-state index in [9.17, 15) is 9.59 Å². The van der Waals surface area contributed by atoms with Gasteiger partial charge in [-0.15, -0.1) is 0 Å². The van der Waals surface area contributed by atoms with Crippen molar-refractivity contribution in [1.82, 2.24) is 19.8 Å². The molecule has 7 heteroatoms. The van der Waals surface area contributed by atoms with Gasteiger partial charge >= 0.3 is 0 Å². The highest BCUT2D eigenvalue weighted by Gasteiger charge is 2.15. The summed E-state index contributed by atoms with van der Waals surface area (Å²) in [6.45, 7) is 9.88. The molecule has 7 nitrogen and oxygen atoms in total. The summed E-state index contributed by atoms with van der Waals surface area (Å²) in [5, 5.41) is 2.99. The molecule has 1 fully saturated rings. The van der Waals surface area contributed by atoms with E-state index in [1.54, 1.807) is 28.8 Å². The van der Waals surface area contributed by atoms with E-state index in [2.05, 4.69) is 29.0 Å². The van der Waals surface area contributed by atoms with Crippen molar-refractivity contribution in [3.63, 3.8) is 0 Å². The van der Waals surface area contributed by atoms with E-state index >= 15 is 0 Å². The summed E-state index contributed by atoms with van der Waals surface area (Å²) in [6, 6.07) is 14.8. The lowest BCUT2D eigenvalue weighted by Gasteiger charge is -2.26. The molecule has 1 N–H and O–H groups in total. The Morgan fingerprint density at radius 3 is 2.55 bits per heavy atom. The molecule has 1 aromatic heterocycles. The third-order valence-electron chi connectivity index (χ3n) is 5.86. The van der Waals surface area contributed by atoms with Crippen LogP contribution in [-0.2, 0) is 11.3 Å². The number of fused-ring (bicyclic) bond motifs is 1. The summed E-state index contributed by atoms with van der Waals surface area (Å²) in [7, 11) is 0. The number of morpholine rings is 1. The number of amides is 1. The Labute approximate surface area is 194 Å². The first-order chi connectivity index (χ1) is 16.0. The van der Waals surface area contributed by atoms with Crippen molar-refractivity contribution in [1.29, 1.82) is 0 Å². The highest BCUT2D eigenvalue weighted by atomic mass is 16.5. The number of nitrogens with zero attached hydrogens (tertiary/aromatic N) is 3. The number of para-hydroxylation sites is 2. The zero-order valence-electron chi connectivity index (χ0n) is 19.4. The van der Waals surface area contributed by atoms with Gasteiger partial charge in [0.05, 0.1) is 24.2 Å². The summed E-state index contributed by atoms with van der Waals surface area (Å²) in [6.07, 6.45) is 0.903. The van der Waals surface area contributed by atoms with Crippen LogP contribution < -0.4 is 10.9 Å². The maximum atomic E-state index is 13.3. The van der Waals surface area contributed by atoms with Crippen LogP contribution in [0.3, 0.4) is 0 Å². The Morgan fingerprint density at radius 1 is 1.09 bits per heavy atom. The molecule has 1 amide bonds. The lowest BCUT2D eigenvalue weighted by atomic mass is 10.1. The van der Waals surface area contributed by atoms with Crippen molar-refractivity contribution in [2.45, 2.75) is 26.8 Å². The monoisotopic (exact) mass is 448 g/mol. The fraction of sp³-hybridized carbons (Fsp3) is 0.423. The van der Waals surface area contributed by atoms with E-state index in [0.717, 1.165) is 50.3 Å². The van der Waals surface area contributed by atoms with Gasteiger partial charge in [-0.1, -0.05) is 38.1 Å². The molecular weight excluding hydrogens is 416 g/mol. The average Bonchev–Trinajstić information content (AvgIpc) is 2.84. The zero-order chi connectivity index (χ0) is 23.2. The molecule has 0 aliphatic carbocycles. The number of aromatic nitrogens is 2. The molecular formula is C26H32N4O3. The lowest BCUT2D eigenvalue weighted by molar-refractivity contribution is 0.0374. The van der Waals surface area contributed by atoms with Crippen LogP contribution in [0.5, 0.6) is 0 Å². The van der Waals surface area contributed by atoms with Crippen molar-refractivity contribution in [2.24, 2.45) is 5.92 Å². The highest BCUT2D eigenvalue weighted by Crippen LogP contribution is 2.19. The van der Waals surface area contributed by atoms with Gasteiger partial charge in [-0.2, -0.15) is 0 Å². The Hall–Kier alpha value is -3.03. The van der Waals surface area contributed by atoms with Gasteiger partial charge in [0.25, 0.3) is 11.5 Å². The van der Waals surface area contributed by atoms with Crippen LogP contribution in [0.25, 0.3) is 22.3 Å². The van der Waals surface area contributed by atoms with Gasteiger partial charge in [-0.3, -0.25) is 14.5 Å². The molecule has 2 aromatic carbocycles. The van der Waals surface area contributed by atoms with Crippen LogP contribution >= 0.6 is 0 Å². The van der Waals surface area contributed by atoms with Crippen LogP contribution in [0.4, 0.5) is 0 Å². The first-order valence-corrected chi connectivity index (χ1v) is 11.7. The van der Waals surface area contributed by atoms with Crippen molar-refractivity contribution in [3.05, 3.63) is 64.4 Å². The maximum Gasteiger partial charge on any atom is 0.277 e. The van der Waals surface area contributed by atoms with E-state index in [1.165, 1.54) is 0 Å². The predicted octanol–water partition coefficient (Wildman–Crippen LogP) is 3.17. The minimum atomic E-state index is -0.109. The molecule has 0 atom stereocenters. The standard InChI is InChI=1S/C26H32N4O3/c1-19(2)18-30-23-7-4-3-6-22(23)28-24(26(30)32)20-8-10-21(11-9-20)25(31)27-12-5-13-29-14-16-33-17-15-29/h3-4,6-11,19H,5,12-18H2,1-2H3,(H,27,31). The first kappa shape index (κ1) is 23.1. The van der Waals surface area contributed by atoms with Gasteiger partial charge in [0.1, 0.15) is 5.69 Å². The fourth-order valence-electron chi connectivity index (χ4n) is 4.14. The SMILES string of the molecule is CC(C)Cn1c(=O)c(-c2ccc(C(=O)NCCCN3CCOCC3)cc2)nc2ccccc21.